The van der Waals surface area contributed by atoms with Gasteiger partial charge in [-0.2, -0.15) is 0 Å². The molecule has 1 N–H and O–H groups in total. The van der Waals surface area contributed by atoms with Crippen LogP contribution >= 0.6 is 15.9 Å². The number of rotatable bonds is 5. The third-order valence-corrected chi connectivity index (χ3v) is 6.07. The number of carbonyl (C=O) groups is 2. The van der Waals surface area contributed by atoms with Crippen LogP contribution in [0.3, 0.4) is 0 Å². The number of benzene rings is 2. The molecule has 0 spiro atoms. The van der Waals surface area contributed by atoms with Crippen LogP contribution in [0.5, 0.6) is 0 Å². The first-order valence-corrected chi connectivity index (χ1v) is 11.2. The summed E-state index contributed by atoms with van der Waals surface area (Å²) in [4.78, 5) is 32.9. The van der Waals surface area contributed by atoms with E-state index in [1.807, 2.05) is 36.4 Å². The van der Waals surface area contributed by atoms with Gasteiger partial charge in [0.2, 0.25) is 0 Å². The number of fused-ring (bicyclic) bond motifs is 2. The second-order valence-corrected chi connectivity index (χ2v) is 8.51. The van der Waals surface area contributed by atoms with Gasteiger partial charge in [-0.1, -0.05) is 41.1 Å². The van der Waals surface area contributed by atoms with Crippen molar-refractivity contribution in [3.05, 3.63) is 69.8 Å². The van der Waals surface area contributed by atoms with Gasteiger partial charge in [-0.25, -0.2) is 4.79 Å². The molecule has 1 aliphatic rings. The van der Waals surface area contributed by atoms with Crippen molar-refractivity contribution in [3.8, 4) is 0 Å². The fourth-order valence-corrected chi connectivity index (χ4v) is 4.06. The van der Waals surface area contributed by atoms with E-state index in [-0.39, 0.29) is 5.91 Å². The first kappa shape index (κ1) is 21.5. The average molecular weight is 482 g/mol. The maximum absolute atomic E-state index is 13.3. The Morgan fingerprint density at radius 1 is 1.19 bits per heavy atom. The van der Waals surface area contributed by atoms with E-state index in [9.17, 15) is 9.59 Å². The number of nitrogens with zero attached hydrogens (tertiary/aromatic N) is 2. The van der Waals surface area contributed by atoms with E-state index < -0.39 is 12.1 Å². The molecule has 31 heavy (non-hydrogen) atoms. The Kier molecular flexibility index (Phi) is 6.34. The molecular formula is C24H24BrN3O3. The van der Waals surface area contributed by atoms with Crippen molar-refractivity contribution in [2.45, 2.75) is 32.9 Å². The molecule has 1 aromatic heterocycles. The minimum atomic E-state index is -0.940. The van der Waals surface area contributed by atoms with Crippen molar-refractivity contribution < 1.29 is 14.3 Å². The van der Waals surface area contributed by atoms with Crippen LogP contribution in [0.1, 0.15) is 35.5 Å². The number of hydrogen-bond acceptors (Lipinski definition) is 5. The van der Waals surface area contributed by atoms with Gasteiger partial charge in [0.25, 0.3) is 5.91 Å². The molecule has 3 aromatic rings. The van der Waals surface area contributed by atoms with Gasteiger partial charge < -0.3 is 10.1 Å². The number of esters is 1. The lowest BCUT2D eigenvalue weighted by Crippen LogP contribution is -2.34. The molecule has 2 heterocycles. The molecule has 4 rings (SSSR count). The zero-order valence-corrected chi connectivity index (χ0v) is 19.1. The Bertz CT molecular complexity index is 1130. The van der Waals surface area contributed by atoms with Crippen LogP contribution in [0.4, 0.5) is 5.69 Å². The molecule has 1 amide bonds. The number of para-hydroxylation sites is 1. The Hall–Kier alpha value is -2.77. The third-order valence-electron chi connectivity index (χ3n) is 5.54. The number of ether oxygens (including phenoxy) is 1. The standard InChI is InChI=1S/C24H24BrN3O3/c1-3-28-13-12-21-19(14-28)22(18-6-4-5-7-20(18)27-21)24(30)31-15(2)23(29)26-17-10-8-16(25)9-11-17/h4-11,15H,3,12-14H2,1-2H3,(H,26,29). The van der Waals surface area contributed by atoms with E-state index >= 15 is 0 Å². The Morgan fingerprint density at radius 2 is 1.94 bits per heavy atom. The lowest BCUT2D eigenvalue weighted by molar-refractivity contribution is -0.123. The molecule has 0 aliphatic carbocycles. The van der Waals surface area contributed by atoms with E-state index in [0.29, 0.717) is 17.8 Å². The summed E-state index contributed by atoms with van der Waals surface area (Å²) < 4.78 is 6.55. The Labute approximate surface area is 189 Å². The minimum Gasteiger partial charge on any atom is -0.449 e. The first-order valence-electron chi connectivity index (χ1n) is 10.4. The van der Waals surface area contributed by atoms with E-state index in [4.69, 9.17) is 9.72 Å². The summed E-state index contributed by atoms with van der Waals surface area (Å²) in [6, 6.07) is 14.8. The number of aromatic nitrogens is 1. The number of amides is 1. The number of anilines is 1. The molecular weight excluding hydrogens is 458 g/mol. The number of nitrogens with one attached hydrogen (secondary N) is 1. The quantitative estimate of drug-likeness (QED) is 0.540. The highest BCUT2D eigenvalue weighted by Gasteiger charge is 2.28. The molecule has 160 valence electrons. The Balaban J connectivity index is 1.61. The molecule has 1 atom stereocenters. The van der Waals surface area contributed by atoms with Crippen LogP contribution in [0.25, 0.3) is 10.9 Å². The highest BCUT2D eigenvalue weighted by Crippen LogP contribution is 2.29. The molecule has 7 heteroatoms. The second kappa shape index (κ2) is 9.16. The van der Waals surface area contributed by atoms with Crippen molar-refractivity contribution in [3.63, 3.8) is 0 Å². The maximum Gasteiger partial charge on any atom is 0.339 e. The van der Waals surface area contributed by atoms with Gasteiger partial charge in [0.1, 0.15) is 0 Å². The van der Waals surface area contributed by atoms with E-state index in [1.54, 1.807) is 19.1 Å². The lowest BCUT2D eigenvalue weighted by atomic mass is 9.95. The summed E-state index contributed by atoms with van der Waals surface area (Å²) in [5, 5.41) is 3.54. The van der Waals surface area contributed by atoms with Gasteiger partial charge in [0, 0.05) is 46.3 Å². The van der Waals surface area contributed by atoms with Gasteiger partial charge in [-0.3, -0.25) is 14.7 Å². The van der Waals surface area contributed by atoms with Crippen LogP contribution in [0.15, 0.2) is 53.0 Å². The Morgan fingerprint density at radius 3 is 2.68 bits per heavy atom. The SMILES string of the molecule is CCN1CCc2nc3ccccc3c(C(=O)OC(C)C(=O)Nc3ccc(Br)cc3)c2C1. The second-order valence-electron chi connectivity index (χ2n) is 7.59. The van der Waals surface area contributed by atoms with Crippen LogP contribution in [0.2, 0.25) is 0 Å². The summed E-state index contributed by atoms with van der Waals surface area (Å²) >= 11 is 3.37. The fourth-order valence-electron chi connectivity index (χ4n) is 3.80. The molecule has 0 radical (unpaired) electrons. The van der Waals surface area contributed by atoms with Gasteiger partial charge in [0.15, 0.2) is 6.10 Å². The number of hydrogen-bond donors (Lipinski definition) is 1. The summed E-state index contributed by atoms with van der Waals surface area (Å²) in [6.45, 7) is 6.14. The zero-order valence-electron chi connectivity index (χ0n) is 17.5. The van der Waals surface area contributed by atoms with Crippen molar-refractivity contribution in [1.29, 1.82) is 0 Å². The third kappa shape index (κ3) is 4.62. The average Bonchev–Trinajstić information content (AvgIpc) is 2.78. The molecule has 6 nitrogen and oxygen atoms in total. The molecule has 0 saturated heterocycles. The van der Waals surface area contributed by atoms with E-state index in [2.05, 4.69) is 33.1 Å². The van der Waals surface area contributed by atoms with Crippen LogP contribution in [-0.2, 0) is 22.5 Å². The summed E-state index contributed by atoms with van der Waals surface area (Å²) in [5.74, 6) is -0.871. The molecule has 0 fully saturated rings. The zero-order chi connectivity index (χ0) is 22.0. The van der Waals surface area contributed by atoms with Crippen molar-refractivity contribution >= 4 is 44.4 Å². The molecule has 1 unspecified atom stereocenters. The molecule has 2 aromatic carbocycles. The predicted octanol–water partition coefficient (Wildman–Crippen LogP) is 4.56. The highest BCUT2D eigenvalue weighted by atomic mass is 79.9. The lowest BCUT2D eigenvalue weighted by Gasteiger charge is -2.29. The van der Waals surface area contributed by atoms with Crippen molar-refractivity contribution in [2.75, 3.05) is 18.4 Å². The van der Waals surface area contributed by atoms with Gasteiger partial charge >= 0.3 is 5.97 Å². The smallest absolute Gasteiger partial charge is 0.339 e. The topological polar surface area (TPSA) is 71.5 Å². The minimum absolute atomic E-state index is 0.377. The van der Waals surface area contributed by atoms with Crippen molar-refractivity contribution in [2.24, 2.45) is 0 Å². The molecule has 1 aliphatic heterocycles. The first-order chi connectivity index (χ1) is 15.0. The number of carbonyl (C=O) groups excluding carboxylic acids is 2. The number of pyridine rings is 1. The van der Waals surface area contributed by atoms with Crippen molar-refractivity contribution in [1.82, 2.24) is 9.88 Å². The fraction of sp³-hybridized carbons (Fsp3) is 0.292. The highest BCUT2D eigenvalue weighted by molar-refractivity contribution is 9.10. The van der Waals surface area contributed by atoms with E-state index in [1.165, 1.54) is 0 Å². The normalized spacial score (nSPS) is 14.7. The summed E-state index contributed by atoms with van der Waals surface area (Å²) in [7, 11) is 0. The summed E-state index contributed by atoms with van der Waals surface area (Å²) in [6.07, 6.45) is -0.155. The van der Waals surface area contributed by atoms with Gasteiger partial charge in [-0.15, -0.1) is 0 Å². The monoisotopic (exact) mass is 481 g/mol. The van der Waals surface area contributed by atoms with Gasteiger partial charge in [0.05, 0.1) is 11.1 Å². The predicted molar refractivity (Wildman–Crippen MR) is 124 cm³/mol. The van der Waals surface area contributed by atoms with Crippen LogP contribution in [-0.4, -0.2) is 41.0 Å². The number of likely N-dealkylation sites (N-methyl/N-ethyl adjacent to an activating group) is 1. The van der Waals surface area contributed by atoms with E-state index in [0.717, 1.165) is 46.1 Å². The number of halogens is 1. The van der Waals surface area contributed by atoms with Gasteiger partial charge in [-0.05, 0) is 43.8 Å². The maximum atomic E-state index is 13.3. The molecule has 0 bridgehead atoms. The van der Waals surface area contributed by atoms with Crippen LogP contribution < -0.4 is 5.32 Å². The molecule has 0 saturated carbocycles. The summed E-state index contributed by atoms with van der Waals surface area (Å²) in [5.41, 5.74) is 3.76. The largest absolute Gasteiger partial charge is 0.449 e. The van der Waals surface area contributed by atoms with Crippen LogP contribution in [0, 0.1) is 0 Å².